The molecular weight excluding hydrogens is 540 g/mol. The van der Waals surface area contributed by atoms with Crippen LogP contribution in [0.15, 0.2) is 48.8 Å². The van der Waals surface area contributed by atoms with Gasteiger partial charge in [0.25, 0.3) is 11.1 Å². The summed E-state index contributed by atoms with van der Waals surface area (Å²) < 4.78 is 11.6. The molecule has 0 unspecified atom stereocenters. The van der Waals surface area contributed by atoms with Crippen LogP contribution >= 0.6 is 34.3 Å². The van der Waals surface area contributed by atoms with Gasteiger partial charge >= 0.3 is 0 Å². The lowest BCUT2D eigenvalue weighted by Gasteiger charge is -2.10. The molecule has 1 aliphatic carbocycles. The van der Waals surface area contributed by atoms with E-state index in [4.69, 9.17) is 21.1 Å². The molecule has 196 valence electrons. The fourth-order valence-corrected chi connectivity index (χ4v) is 5.47. The van der Waals surface area contributed by atoms with Gasteiger partial charge in [-0.05, 0) is 69.9 Å². The molecule has 38 heavy (non-hydrogen) atoms. The quantitative estimate of drug-likeness (QED) is 0.216. The Labute approximate surface area is 234 Å². The Morgan fingerprint density at radius 2 is 2.05 bits per heavy atom. The average Bonchev–Trinajstić information content (AvgIpc) is 3.52. The number of pyridine rings is 1. The van der Waals surface area contributed by atoms with E-state index < -0.39 is 0 Å². The number of rotatable bonds is 10. The summed E-state index contributed by atoms with van der Waals surface area (Å²) in [5.41, 5.74) is 2.22. The number of amides is 1. The number of aryl methyl sites for hydroxylation is 2. The number of carbonyl (C=O) groups excluding carboxylic acids is 1. The molecule has 5 rings (SSSR count). The number of ether oxygens (including phenoxy) is 2. The Hall–Kier alpha value is -3.27. The van der Waals surface area contributed by atoms with E-state index in [-0.39, 0.29) is 11.9 Å². The topological polar surface area (TPSA) is 86.2 Å². The van der Waals surface area contributed by atoms with Crippen LogP contribution in [-0.4, -0.2) is 33.5 Å². The molecule has 1 aliphatic rings. The molecule has 1 saturated carbocycles. The van der Waals surface area contributed by atoms with E-state index in [0.29, 0.717) is 27.4 Å². The Balaban J connectivity index is 1.16. The summed E-state index contributed by atoms with van der Waals surface area (Å²) in [6.07, 6.45) is 9.67. The first-order valence-electron chi connectivity index (χ1n) is 12.3. The van der Waals surface area contributed by atoms with Crippen molar-refractivity contribution >= 4 is 46.3 Å². The van der Waals surface area contributed by atoms with Crippen molar-refractivity contribution in [2.24, 2.45) is 5.92 Å². The fraction of sp³-hybridized carbons (Fsp3) is 0.286. The van der Waals surface area contributed by atoms with Crippen molar-refractivity contribution in [2.75, 3.05) is 6.61 Å². The minimum Gasteiger partial charge on any atom is -0.493 e. The number of nitrogens with one attached hydrogen (secondary N) is 1. The molecule has 0 bridgehead atoms. The number of carbonyl (C=O) groups is 1. The predicted molar refractivity (Wildman–Crippen MR) is 153 cm³/mol. The number of thiazole rings is 2. The fourth-order valence-electron chi connectivity index (χ4n) is 3.68. The average molecular weight is 567 g/mol. The molecule has 3 aromatic heterocycles. The molecule has 0 saturated heterocycles. The van der Waals surface area contributed by atoms with E-state index in [2.05, 4.69) is 20.3 Å². The Morgan fingerprint density at radius 1 is 1.21 bits per heavy atom. The molecule has 1 amide bonds. The predicted octanol–water partition coefficient (Wildman–Crippen LogP) is 7.34. The van der Waals surface area contributed by atoms with Crippen molar-refractivity contribution < 1.29 is 14.3 Å². The first-order valence-corrected chi connectivity index (χ1v) is 14.3. The molecule has 7 nitrogen and oxygen atoms in total. The minimum atomic E-state index is -0.199. The second kappa shape index (κ2) is 11.6. The van der Waals surface area contributed by atoms with E-state index in [0.717, 1.165) is 38.5 Å². The van der Waals surface area contributed by atoms with Crippen LogP contribution in [0.3, 0.4) is 0 Å². The second-order valence-electron chi connectivity index (χ2n) is 9.18. The van der Waals surface area contributed by atoms with E-state index in [1.54, 1.807) is 48.0 Å². The van der Waals surface area contributed by atoms with Gasteiger partial charge in [0.2, 0.25) is 0 Å². The van der Waals surface area contributed by atoms with Crippen LogP contribution in [0.5, 0.6) is 16.7 Å². The number of aromatic nitrogens is 3. The van der Waals surface area contributed by atoms with Crippen LogP contribution in [-0.2, 0) is 0 Å². The Morgan fingerprint density at radius 3 is 2.79 bits per heavy atom. The van der Waals surface area contributed by atoms with Crippen LogP contribution in [0.4, 0.5) is 0 Å². The molecule has 1 atom stereocenters. The highest BCUT2D eigenvalue weighted by Gasteiger charge is 2.22. The van der Waals surface area contributed by atoms with E-state index in [1.165, 1.54) is 24.2 Å². The van der Waals surface area contributed by atoms with Crippen molar-refractivity contribution in [3.05, 3.63) is 75.0 Å². The highest BCUT2D eigenvalue weighted by molar-refractivity contribution is 7.15. The summed E-state index contributed by atoms with van der Waals surface area (Å²) in [4.78, 5) is 27.9. The Bertz CT molecular complexity index is 1480. The lowest BCUT2D eigenvalue weighted by Crippen LogP contribution is -2.31. The highest BCUT2D eigenvalue weighted by atomic mass is 35.5. The maximum Gasteiger partial charge on any atom is 0.279 e. The van der Waals surface area contributed by atoms with E-state index in [1.807, 2.05) is 39.0 Å². The van der Waals surface area contributed by atoms with Gasteiger partial charge in [0.15, 0.2) is 0 Å². The van der Waals surface area contributed by atoms with E-state index in [9.17, 15) is 4.79 Å². The molecule has 1 N–H and O–H groups in total. The van der Waals surface area contributed by atoms with Crippen molar-refractivity contribution in [2.45, 2.75) is 39.7 Å². The van der Waals surface area contributed by atoms with Gasteiger partial charge in [0.05, 0.1) is 37.8 Å². The SMILES string of the molecule is Cc1nc(C)c(-c2cc(C(=O)N[C@@H](C)C=Cc3cnc(Oc4ccc(OCC5CC5)cc4Cl)s3)ccn2)s1. The van der Waals surface area contributed by atoms with Crippen LogP contribution in [0.2, 0.25) is 5.02 Å². The van der Waals surface area contributed by atoms with Crippen molar-refractivity contribution in [1.29, 1.82) is 0 Å². The first-order chi connectivity index (χ1) is 18.3. The molecule has 1 fully saturated rings. The number of hydrogen-bond acceptors (Lipinski definition) is 8. The molecule has 0 radical (unpaired) electrons. The molecule has 3 heterocycles. The third-order valence-electron chi connectivity index (χ3n) is 5.85. The largest absolute Gasteiger partial charge is 0.493 e. The lowest BCUT2D eigenvalue weighted by molar-refractivity contribution is 0.0947. The summed E-state index contributed by atoms with van der Waals surface area (Å²) in [7, 11) is 0. The smallest absolute Gasteiger partial charge is 0.279 e. The molecule has 0 aliphatic heterocycles. The van der Waals surface area contributed by atoms with Gasteiger partial charge < -0.3 is 14.8 Å². The first kappa shape index (κ1) is 26.3. The molecule has 4 aromatic rings. The van der Waals surface area contributed by atoms with Crippen LogP contribution in [0.1, 0.15) is 45.7 Å². The van der Waals surface area contributed by atoms with Gasteiger partial charge in [0.1, 0.15) is 11.5 Å². The van der Waals surface area contributed by atoms with Crippen LogP contribution < -0.4 is 14.8 Å². The van der Waals surface area contributed by atoms with Gasteiger partial charge in [-0.15, -0.1) is 11.3 Å². The summed E-state index contributed by atoms with van der Waals surface area (Å²) >= 11 is 9.34. The van der Waals surface area contributed by atoms with Gasteiger partial charge in [-0.1, -0.05) is 29.0 Å². The maximum atomic E-state index is 12.8. The van der Waals surface area contributed by atoms with Crippen molar-refractivity contribution in [3.63, 3.8) is 0 Å². The number of nitrogens with zero attached hydrogens (tertiary/aromatic N) is 3. The third kappa shape index (κ3) is 6.78. The number of halogens is 1. The van der Waals surface area contributed by atoms with Crippen LogP contribution in [0.25, 0.3) is 16.6 Å². The monoisotopic (exact) mass is 566 g/mol. The maximum absolute atomic E-state index is 12.8. The summed E-state index contributed by atoms with van der Waals surface area (Å²) in [5.74, 6) is 1.77. The normalized spacial score (nSPS) is 14.0. The lowest BCUT2D eigenvalue weighted by atomic mass is 10.1. The van der Waals surface area contributed by atoms with Gasteiger partial charge in [0, 0.05) is 30.1 Å². The summed E-state index contributed by atoms with van der Waals surface area (Å²) in [6, 6.07) is 8.73. The van der Waals surface area contributed by atoms with Crippen LogP contribution in [0, 0.1) is 19.8 Å². The Kier molecular flexibility index (Phi) is 8.06. The molecule has 1 aromatic carbocycles. The summed E-state index contributed by atoms with van der Waals surface area (Å²) in [5, 5.41) is 4.93. The standard InChI is InChI=1S/C28H27ClN4O3S2/c1-16(32-27(34)20-10-11-30-24(12-20)26-17(2)33-18(3)37-26)4-8-22-14-31-28(38-22)36-25-9-7-21(13-23(25)29)35-15-19-5-6-19/h4,7-14,16,19H,5-6,15H2,1-3H3,(H,32,34)/t16-/m0/s1. The zero-order valence-electron chi connectivity index (χ0n) is 21.2. The minimum absolute atomic E-state index is 0.169. The number of benzene rings is 1. The zero-order chi connectivity index (χ0) is 26.6. The summed E-state index contributed by atoms with van der Waals surface area (Å²) in [6.45, 7) is 6.56. The zero-order valence-corrected chi connectivity index (χ0v) is 23.6. The van der Waals surface area contributed by atoms with Gasteiger partial charge in [-0.25, -0.2) is 9.97 Å². The van der Waals surface area contributed by atoms with E-state index >= 15 is 0 Å². The second-order valence-corrected chi connectivity index (χ2v) is 11.8. The number of hydrogen-bond donors (Lipinski definition) is 1. The van der Waals surface area contributed by atoms with Gasteiger partial charge in [-0.2, -0.15) is 0 Å². The molecular formula is C28H27ClN4O3S2. The molecule has 0 spiro atoms. The van der Waals surface area contributed by atoms with Gasteiger partial charge in [-0.3, -0.25) is 9.78 Å². The third-order valence-corrected chi connectivity index (χ3v) is 8.08. The van der Waals surface area contributed by atoms with Crippen molar-refractivity contribution in [3.8, 4) is 27.3 Å². The molecule has 10 heteroatoms. The van der Waals surface area contributed by atoms with Crippen molar-refractivity contribution in [1.82, 2.24) is 20.3 Å². The highest BCUT2D eigenvalue weighted by Crippen LogP contribution is 2.36.